The van der Waals surface area contributed by atoms with Crippen molar-refractivity contribution in [3.8, 4) is 0 Å². The van der Waals surface area contributed by atoms with Crippen LogP contribution in [0.25, 0.3) is 0 Å². The third-order valence-electron chi connectivity index (χ3n) is 5.86. The molecule has 0 aliphatic heterocycles. The second-order valence-electron chi connectivity index (χ2n) is 8.87. The summed E-state index contributed by atoms with van der Waals surface area (Å²) in [5, 5.41) is 2.93. The van der Waals surface area contributed by atoms with Crippen LogP contribution in [0.5, 0.6) is 0 Å². The third kappa shape index (κ3) is 8.41. The minimum atomic E-state index is -3.82. The second kappa shape index (κ2) is 13.9. The molecule has 0 saturated carbocycles. The molecule has 0 heterocycles. The van der Waals surface area contributed by atoms with E-state index in [9.17, 15) is 18.0 Å². The van der Waals surface area contributed by atoms with E-state index in [2.05, 4.69) is 37.2 Å². The van der Waals surface area contributed by atoms with Gasteiger partial charge in [0.1, 0.15) is 12.6 Å². The van der Waals surface area contributed by atoms with Crippen molar-refractivity contribution in [2.75, 3.05) is 23.7 Å². The van der Waals surface area contributed by atoms with Gasteiger partial charge >= 0.3 is 0 Å². The van der Waals surface area contributed by atoms with Gasteiger partial charge in [0.2, 0.25) is 21.8 Å². The number of benzene rings is 3. The Balaban J connectivity index is 2.05. The van der Waals surface area contributed by atoms with Crippen molar-refractivity contribution in [3.05, 3.63) is 98.9 Å². The molecule has 0 radical (unpaired) electrons. The molecule has 1 N–H and O–H groups in total. The minimum absolute atomic E-state index is 0.128. The monoisotopic (exact) mass is 663 g/mol. The van der Waals surface area contributed by atoms with Crippen LogP contribution in [-0.2, 0) is 32.6 Å². The maximum atomic E-state index is 14.0. The van der Waals surface area contributed by atoms with Crippen LogP contribution >= 0.6 is 31.9 Å². The normalized spacial score (nSPS) is 12.0. The minimum Gasteiger partial charge on any atom is -0.354 e. The molecule has 38 heavy (non-hydrogen) atoms. The highest BCUT2D eigenvalue weighted by molar-refractivity contribution is 9.10. The number of sulfonamides is 1. The summed E-state index contributed by atoms with van der Waals surface area (Å²) in [6.45, 7) is 2.10. The Morgan fingerprint density at radius 2 is 1.58 bits per heavy atom. The molecule has 10 heteroatoms. The Morgan fingerprint density at radius 3 is 2.21 bits per heavy atom. The molecule has 7 nitrogen and oxygen atoms in total. The number of nitrogens with one attached hydrogen (secondary N) is 1. The van der Waals surface area contributed by atoms with Gasteiger partial charge in [0, 0.05) is 28.5 Å². The SMILES string of the molecule is CCCNC(=O)[C@@H](Cc1ccccc1)N(Cc1cccc(Br)c1)C(=O)CN(c1ccccc1Br)S(C)(=O)=O. The van der Waals surface area contributed by atoms with Gasteiger partial charge in [-0.25, -0.2) is 8.42 Å². The lowest BCUT2D eigenvalue weighted by Crippen LogP contribution is -2.53. The molecule has 0 unspecified atom stereocenters. The Morgan fingerprint density at radius 1 is 0.921 bits per heavy atom. The maximum absolute atomic E-state index is 14.0. The van der Waals surface area contributed by atoms with Crippen molar-refractivity contribution in [2.24, 2.45) is 0 Å². The number of anilines is 1. The van der Waals surface area contributed by atoms with Gasteiger partial charge in [-0.2, -0.15) is 0 Å². The zero-order valence-electron chi connectivity index (χ0n) is 21.3. The van der Waals surface area contributed by atoms with E-state index in [4.69, 9.17) is 0 Å². The molecule has 0 aromatic heterocycles. The Hall–Kier alpha value is -2.69. The number of nitrogens with zero attached hydrogens (tertiary/aromatic N) is 2. The Bertz CT molecular complexity index is 1350. The molecule has 0 bridgehead atoms. The van der Waals surface area contributed by atoms with E-state index >= 15 is 0 Å². The fraction of sp³-hybridized carbons (Fsp3) is 0.286. The molecule has 0 aliphatic rings. The lowest BCUT2D eigenvalue weighted by molar-refractivity contribution is -0.140. The molecule has 0 fully saturated rings. The second-order valence-corrected chi connectivity index (χ2v) is 12.5. The summed E-state index contributed by atoms with van der Waals surface area (Å²) in [6, 6.07) is 22.9. The standard InChI is InChI=1S/C28H31Br2N3O4S/c1-3-16-31-28(35)26(18-21-10-5-4-6-11-21)32(19-22-12-9-13-23(29)17-22)27(34)20-33(38(2,36)37)25-15-8-7-14-24(25)30/h4-15,17,26H,3,16,18-20H2,1-2H3,(H,31,35)/t26-/m1/s1. The number of hydrogen-bond donors (Lipinski definition) is 1. The van der Waals surface area contributed by atoms with Crippen LogP contribution in [0.2, 0.25) is 0 Å². The fourth-order valence-corrected chi connectivity index (χ4v) is 5.93. The van der Waals surface area contributed by atoms with Crippen molar-refractivity contribution in [2.45, 2.75) is 32.4 Å². The molecular weight excluding hydrogens is 634 g/mol. The summed E-state index contributed by atoms with van der Waals surface area (Å²) in [5.74, 6) is -0.774. The predicted octanol–water partition coefficient (Wildman–Crippen LogP) is 5.14. The fourth-order valence-electron chi connectivity index (χ4n) is 4.00. The van der Waals surface area contributed by atoms with Gasteiger partial charge in [0.15, 0.2) is 0 Å². The van der Waals surface area contributed by atoms with E-state index in [0.717, 1.165) is 32.6 Å². The highest BCUT2D eigenvalue weighted by atomic mass is 79.9. The summed E-state index contributed by atoms with van der Waals surface area (Å²) in [7, 11) is -3.82. The molecule has 0 spiro atoms. The van der Waals surface area contributed by atoms with Crippen LogP contribution in [0.15, 0.2) is 87.8 Å². The maximum Gasteiger partial charge on any atom is 0.244 e. The molecular formula is C28H31Br2N3O4S. The first-order valence-corrected chi connectivity index (χ1v) is 15.6. The van der Waals surface area contributed by atoms with Crippen molar-refractivity contribution in [1.29, 1.82) is 0 Å². The number of para-hydroxylation sites is 1. The van der Waals surface area contributed by atoms with Crippen LogP contribution < -0.4 is 9.62 Å². The van der Waals surface area contributed by atoms with Gasteiger partial charge in [-0.1, -0.05) is 77.5 Å². The highest BCUT2D eigenvalue weighted by Crippen LogP contribution is 2.28. The Labute approximate surface area is 241 Å². The van der Waals surface area contributed by atoms with E-state index in [-0.39, 0.29) is 18.9 Å². The molecule has 2 amide bonds. The van der Waals surface area contributed by atoms with E-state index in [1.807, 2.05) is 61.5 Å². The van der Waals surface area contributed by atoms with Crippen LogP contribution in [0.3, 0.4) is 0 Å². The Kier molecular flexibility index (Phi) is 10.9. The first-order valence-electron chi connectivity index (χ1n) is 12.2. The van der Waals surface area contributed by atoms with E-state index in [0.29, 0.717) is 16.7 Å². The van der Waals surface area contributed by atoms with Crippen molar-refractivity contribution in [3.63, 3.8) is 0 Å². The number of amides is 2. The molecule has 0 saturated heterocycles. The summed E-state index contributed by atoms with van der Waals surface area (Å²) in [4.78, 5) is 28.9. The van der Waals surface area contributed by atoms with Gasteiger partial charge < -0.3 is 10.2 Å². The number of carbonyl (C=O) groups excluding carboxylic acids is 2. The topological polar surface area (TPSA) is 86.8 Å². The van der Waals surface area contributed by atoms with Crippen molar-refractivity contribution < 1.29 is 18.0 Å². The highest BCUT2D eigenvalue weighted by Gasteiger charge is 2.33. The lowest BCUT2D eigenvalue weighted by atomic mass is 10.0. The van der Waals surface area contributed by atoms with E-state index in [1.165, 1.54) is 4.90 Å². The van der Waals surface area contributed by atoms with E-state index in [1.54, 1.807) is 24.3 Å². The van der Waals surface area contributed by atoms with Crippen LogP contribution in [0, 0.1) is 0 Å². The van der Waals surface area contributed by atoms with E-state index < -0.39 is 28.5 Å². The molecule has 3 aromatic carbocycles. The zero-order valence-corrected chi connectivity index (χ0v) is 25.3. The van der Waals surface area contributed by atoms with Gasteiger partial charge in [0.25, 0.3) is 0 Å². The van der Waals surface area contributed by atoms with Crippen LogP contribution in [0.1, 0.15) is 24.5 Å². The van der Waals surface area contributed by atoms with Crippen molar-refractivity contribution >= 4 is 59.4 Å². The smallest absolute Gasteiger partial charge is 0.244 e. The number of halogens is 2. The third-order valence-corrected chi connectivity index (χ3v) is 8.15. The first kappa shape index (κ1) is 29.9. The molecule has 202 valence electrons. The largest absolute Gasteiger partial charge is 0.354 e. The predicted molar refractivity (Wildman–Crippen MR) is 158 cm³/mol. The summed E-state index contributed by atoms with van der Waals surface area (Å²) < 4.78 is 28.1. The van der Waals surface area contributed by atoms with Crippen LogP contribution in [-0.4, -0.2) is 50.5 Å². The quantitative estimate of drug-likeness (QED) is 0.291. The van der Waals surface area contributed by atoms with Crippen LogP contribution in [0.4, 0.5) is 5.69 Å². The summed E-state index contributed by atoms with van der Waals surface area (Å²) in [5.41, 5.74) is 2.05. The number of hydrogen-bond acceptors (Lipinski definition) is 4. The number of rotatable bonds is 12. The molecule has 3 rings (SSSR count). The van der Waals surface area contributed by atoms with Gasteiger partial charge in [-0.3, -0.25) is 13.9 Å². The summed E-state index contributed by atoms with van der Waals surface area (Å²) in [6.07, 6.45) is 2.09. The zero-order chi connectivity index (χ0) is 27.7. The average molecular weight is 665 g/mol. The molecule has 3 aromatic rings. The average Bonchev–Trinajstić information content (AvgIpc) is 2.88. The summed E-state index contributed by atoms with van der Waals surface area (Å²) >= 11 is 6.88. The van der Waals surface area contributed by atoms with Crippen molar-refractivity contribution in [1.82, 2.24) is 10.2 Å². The number of carbonyl (C=O) groups is 2. The lowest BCUT2D eigenvalue weighted by Gasteiger charge is -2.33. The molecule has 0 aliphatic carbocycles. The molecule has 1 atom stereocenters. The van der Waals surface area contributed by atoms with Gasteiger partial charge in [-0.05, 0) is 57.7 Å². The first-order chi connectivity index (χ1) is 18.1. The van der Waals surface area contributed by atoms with Gasteiger partial charge in [0.05, 0.1) is 11.9 Å². The van der Waals surface area contributed by atoms with Gasteiger partial charge in [-0.15, -0.1) is 0 Å².